The summed E-state index contributed by atoms with van der Waals surface area (Å²) in [6, 6.07) is -0.716. The Kier molecular flexibility index (Phi) is 5.10. The van der Waals surface area contributed by atoms with Gasteiger partial charge in [0.1, 0.15) is 0 Å². The summed E-state index contributed by atoms with van der Waals surface area (Å²) >= 11 is 0. The van der Waals surface area contributed by atoms with Crippen LogP contribution in [0, 0.1) is 0 Å². The Morgan fingerprint density at radius 1 is 1.60 bits per heavy atom. The molecule has 0 aliphatic heterocycles. The highest BCUT2D eigenvalue weighted by molar-refractivity contribution is 5.83. The van der Waals surface area contributed by atoms with Crippen LogP contribution in [0.25, 0.3) is 0 Å². The number of aliphatic hydroxyl groups excluding tert-OH is 1. The Morgan fingerprint density at radius 2 is 2.20 bits per heavy atom. The molecular formula is C6H14N2O2. The predicted octanol–water partition coefficient (Wildman–Crippen LogP) is -1.39. The zero-order valence-electron chi connectivity index (χ0n) is 5.92. The van der Waals surface area contributed by atoms with Crippen LogP contribution in [0.4, 0.5) is 0 Å². The van der Waals surface area contributed by atoms with Crippen molar-refractivity contribution in [3.63, 3.8) is 0 Å². The molecule has 0 saturated heterocycles. The molecule has 10 heavy (non-hydrogen) atoms. The van der Waals surface area contributed by atoms with Crippen LogP contribution in [0.2, 0.25) is 0 Å². The van der Waals surface area contributed by atoms with Gasteiger partial charge in [-0.25, -0.2) is 0 Å². The van der Waals surface area contributed by atoms with Crippen molar-refractivity contribution in [3.05, 3.63) is 0 Å². The molecule has 0 heterocycles. The topological polar surface area (TPSA) is 89.3 Å². The molecule has 0 saturated carbocycles. The molecule has 0 radical (unpaired) electrons. The number of rotatable bonds is 5. The number of nitrogens with two attached hydrogens (primary N) is 2. The monoisotopic (exact) mass is 146 g/mol. The lowest BCUT2D eigenvalue weighted by atomic mass is 10.1. The lowest BCUT2D eigenvalue weighted by Gasteiger charge is -2.04. The van der Waals surface area contributed by atoms with Crippen molar-refractivity contribution < 1.29 is 9.90 Å². The van der Waals surface area contributed by atoms with Gasteiger partial charge in [-0.1, -0.05) is 0 Å². The zero-order valence-corrected chi connectivity index (χ0v) is 5.92. The summed E-state index contributed by atoms with van der Waals surface area (Å²) in [4.78, 5) is 10.8. The van der Waals surface area contributed by atoms with Crippen LogP contribution in [0.15, 0.2) is 0 Å². The molecular weight excluding hydrogens is 132 g/mol. The van der Waals surface area contributed by atoms with Crippen molar-refractivity contribution in [1.29, 1.82) is 0 Å². The van der Waals surface area contributed by atoms with Crippen molar-refractivity contribution in [3.8, 4) is 0 Å². The fraction of sp³-hybridized carbons (Fsp3) is 0.833. The third-order valence-electron chi connectivity index (χ3n) is 1.24. The lowest BCUT2D eigenvalue weighted by molar-refractivity contribution is -0.121. The van der Waals surface area contributed by atoms with Gasteiger partial charge >= 0.3 is 0 Å². The molecule has 0 bridgehead atoms. The van der Waals surface area contributed by atoms with E-state index >= 15 is 0 Å². The molecule has 60 valence electrons. The van der Waals surface area contributed by atoms with Crippen molar-refractivity contribution in [2.24, 2.45) is 11.5 Å². The summed E-state index contributed by atoms with van der Waals surface area (Å²) in [7, 11) is 0. The summed E-state index contributed by atoms with van der Waals surface area (Å²) in [6.45, 7) is 0.216. The third kappa shape index (κ3) is 3.55. The standard InChI is InChI=1S/C6H14N2O2/c7-3-1-2-6(10)5(8)4-9/h5,9H,1-4,7-8H2. The first-order valence-electron chi connectivity index (χ1n) is 3.31. The van der Waals surface area contributed by atoms with Crippen LogP contribution < -0.4 is 11.5 Å². The van der Waals surface area contributed by atoms with E-state index in [9.17, 15) is 4.79 Å². The summed E-state index contributed by atoms with van der Waals surface area (Å²) in [5.74, 6) is -0.118. The molecule has 1 unspecified atom stereocenters. The number of aliphatic hydroxyl groups is 1. The van der Waals surface area contributed by atoms with Gasteiger partial charge in [-0.15, -0.1) is 0 Å². The second kappa shape index (κ2) is 5.34. The summed E-state index contributed by atoms with van der Waals surface area (Å²) in [6.07, 6.45) is 1.02. The van der Waals surface area contributed by atoms with Crippen molar-refractivity contribution in [1.82, 2.24) is 0 Å². The number of Topliss-reactive ketones (excluding diaryl/α,β-unsaturated/α-hetero) is 1. The van der Waals surface area contributed by atoms with E-state index in [0.717, 1.165) is 0 Å². The largest absolute Gasteiger partial charge is 0.394 e. The van der Waals surface area contributed by atoms with Gasteiger partial charge in [-0.2, -0.15) is 0 Å². The SMILES string of the molecule is NCCCC(=O)C(N)CO. The minimum Gasteiger partial charge on any atom is -0.394 e. The maximum absolute atomic E-state index is 10.8. The van der Waals surface area contributed by atoms with Gasteiger partial charge in [0, 0.05) is 6.42 Å². The van der Waals surface area contributed by atoms with Gasteiger partial charge in [-0.05, 0) is 13.0 Å². The summed E-state index contributed by atoms with van der Waals surface area (Å²) in [5.41, 5.74) is 10.4. The van der Waals surface area contributed by atoms with Crippen LogP contribution in [0.5, 0.6) is 0 Å². The maximum Gasteiger partial charge on any atom is 0.151 e. The lowest BCUT2D eigenvalue weighted by Crippen LogP contribution is -2.34. The van der Waals surface area contributed by atoms with Gasteiger partial charge in [0.15, 0.2) is 5.78 Å². The fourth-order valence-electron chi connectivity index (χ4n) is 0.564. The third-order valence-corrected chi connectivity index (χ3v) is 1.24. The van der Waals surface area contributed by atoms with Gasteiger partial charge in [0.05, 0.1) is 12.6 Å². The predicted molar refractivity (Wildman–Crippen MR) is 38.4 cm³/mol. The highest BCUT2D eigenvalue weighted by atomic mass is 16.3. The van der Waals surface area contributed by atoms with Crippen LogP contribution in [0.3, 0.4) is 0 Å². The van der Waals surface area contributed by atoms with E-state index in [-0.39, 0.29) is 12.4 Å². The molecule has 0 spiro atoms. The van der Waals surface area contributed by atoms with E-state index in [0.29, 0.717) is 19.4 Å². The summed E-state index contributed by atoms with van der Waals surface area (Å²) in [5, 5.41) is 8.43. The number of hydrogen-bond acceptors (Lipinski definition) is 4. The van der Waals surface area contributed by atoms with Crippen LogP contribution >= 0.6 is 0 Å². The van der Waals surface area contributed by atoms with E-state index in [1.807, 2.05) is 0 Å². The molecule has 4 heteroatoms. The van der Waals surface area contributed by atoms with Crippen molar-refractivity contribution in [2.45, 2.75) is 18.9 Å². The number of carbonyl (C=O) groups excluding carboxylic acids is 1. The molecule has 0 aliphatic rings. The Bertz CT molecular complexity index is 106. The molecule has 4 nitrogen and oxygen atoms in total. The molecule has 0 rings (SSSR count). The quantitative estimate of drug-likeness (QED) is 0.445. The molecule has 1 atom stereocenters. The Labute approximate surface area is 60.2 Å². The zero-order chi connectivity index (χ0) is 7.98. The second-order valence-electron chi connectivity index (χ2n) is 2.15. The second-order valence-corrected chi connectivity index (χ2v) is 2.15. The van der Waals surface area contributed by atoms with Crippen molar-refractivity contribution in [2.75, 3.05) is 13.2 Å². The van der Waals surface area contributed by atoms with E-state index in [2.05, 4.69) is 0 Å². The number of ketones is 1. The smallest absolute Gasteiger partial charge is 0.151 e. The first-order chi connectivity index (χ1) is 4.72. The molecule has 0 aliphatic carbocycles. The first kappa shape index (κ1) is 9.55. The van der Waals surface area contributed by atoms with Crippen LogP contribution in [0.1, 0.15) is 12.8 Å². The molecule has 0 aromatic carbocycles. The van der Waals surface area contributed by atoms with Gasteiger partial charge in [-0.3, -0.25) is 4.79 Å². The van der Waals surface area contributed by atoms with Gasteiger partial charge in [0.25, 0.3) is 0 Å². The van der Waals surface area contributed by atoms with E-state index < -0.39 is 6.04 Å². The minimum atomic E-state index is -0.716. The summed E-state index contributed by atoms with van der Waals surface area (Å²) < 4.78 is 0. The van der Waals surface area contributed by atoms with E-state index in [4.69, 9.17) is 16.6 Å². The Morgan fingerprint density at radius 3 is 2.60 bits per heavy atom. The molecule has 0 fully saturated rings. The highest BCUT2D eigenvalue weighted by Crippen LogP contribution is 1.91. The normalized spacial score (nSPS) is 13.1. The number of carbonyl (C=O) groups is 1. The molecule has 5 N–H and O–H groups in total. The van der Waals surface area contributed by atoms with Gasteiger partial charge < -0.3 is 16.6 Å². The molecule has 0 aromatic rings. The highest BCUT2D eigenvalue weighted by Gasteiger charge is 2.09. The van der Waals surface area contributed by atoms with Crippen LogP contribution in [-0.2, 0) is 4.79 Å². The van der Waals surface area contributed by atoms with E-state index in [1.54, 1.807) is 0 Å². The fourth-order valence-corrected chi connectivity index (χ4v) is 0.564. The molecule has 0 amide bonds. The molecule has 0 aromatic heterocycles. The number of hydrogen-bond donors (Lipinski definition) is 3. The van der Waals surface area contributed by atoms with Crippen molar-refractivity contribution >= 4 is 5.78 Å². The first-order valence-corrected chi connectivity index (χ1v) is 3.31. The Hall–Kier alpha value is -0.450. The maximum atomic E-state index is 10.8. The van der Waals surface area contributed by atoms with E-state index in [1.165, 1.54) is 0 Å². The average Bonchev–Trinajstić information content (AvgIpc) is 1.98. The van der Waals surface area contributed by atoms with Crippen LogP contribution in [-0.4, -0.2) is 30.1 Å². The minimum absolute atomic E-state index is 0.118. The van der Waals surface area contributed by atoms with Gasteiger partial charge in [0.2, 0.25) is 0 Å². The Balaban J connectivity index is 3.42. The average molecular weight is 146 g/mol.